The number of benzene rings is 1. The van der Waals surface area contributed by atoms with Gasteiger partial charge in [-0.2, -0.15) is 13.2 Å². The Kier molecular flexibility index (Phi) is 11.6. The predicted molar refractivity (Wildman–Crippen MR) is 128 cm³/mol. The fourth-order valence-corrected chi connectivity index (χ4v) is 3.43. The first kappa shape index (κ1) is 27.5. The summed E-state index contributed by atoms with van der Waals surface area (Å²) in [6.45, 7) is 8.95. The number of halogens is 4. The summed E-state index contributed by atoms with van der Waals surface area (Å²) in [7, 11) is 1.69. The fourth-order valence-electron chi connectivity index (χ4n) is 3.43. The zero-order valence-corrected chi connectivity index (χ0v) is 20.7. The van der Waals surface area contributed by atoms with Gasteiger partial charge in [-0.25, -0.2) is 0 Å². The molecule has 0 aromatic heterocycles. The maximum absolute atomic E-state index is 12.9. The smallest absolute Gasteiger partial charge is 0.356 e. The third kappa shape index (κ3) is 9.22. The number of hydrogen-bond donors (Lipinski definition) is 2. The molecule has 1 heterocycles. The molecular formula is C21H33F3IN5O. The van der Waals surface area contributed by atoms with Gasteiger partial charge in [0.05, 0.1) is 5.56 Å². The highest BCUT2D eigenvalue weighted by molar-refractivity contribution is 14.0. The molecule has 1 aromatic rings. The summed E-state index contributed by atoms with van der Waals surface area (Å²) in [4.78, 5) is 19.7. The first-order valence-corrected chi connectivity index (χ1v) is 10.3. The molecule has 0 aliphatic carbocycles. The van der Waals surface area contributed by atoms with Crippen LogP contribution >= 0.6 is 24.0 Å². The molecule has 1 fully saturated rings. The van der Waals surface area contributed by atoms with E-state index in [4.69, 9.17) is 0 Å². The van der Waals surface area contributed by atoms with Crippen LogP contribution in [0.5, 0.6) is 0 Å². The molecule has 176 valence electrons. The largest absolute Gasteiger partial charge is 0.416 e. The molecule has 10 heteroatoms. The summed E-state index contributed by atoms with van der Waals surface area (Å²) < 4.78 is 38.7. The second kappa shape index (κ2) is 13.1. The van der Waals surface area contributed by atoms with Crippen LogP contribution in [0.15, 0.2) is 29.3 Å². The summed E-state index contributed by atoms with van der Waals surface area (Å²) in [6.07, 6.45) is -3.63. The van der Waals surface area contributed by atoms with Crippen molar-refractivity contribution in [3.63, 3.8) is 0 Å². The van der Waals surface area contributed by atoms with E-state index in [1.165, 1.54) is 12.1 Å². The van der Waals surface area contributed by atoms with Gasteiger partial charge in [0.25, 0.3) is 0 Å². The third-order valence-electron chi connectivity index (χ3n) is 5.41. The van der Waals surface area contributed by atoms with Gasteiger partial charge >= 0.3 is 6.18 Å². The molecule has 1 saturated heterocycles. The lowest BCUT2D eigenvalue weighted by Crippen LogP contribution is -2.50. The second-order valence-electron chi connectivity index (χ2n) is 7.59. The molecule has 1 aromatic carbocycles. The molecule has 1 amide bonds. The molecule has 1 aliphatic rings. The van der Waals surface area contributed by atoms with Gasteiger partial charge in [0, 0.05) is 59.8 Å². The molecular weight excluding hydrogens is 522 g/mol. The number of nitrogens with zero attached hydrogens (tertiary/aromatic N) is 3. The highest BCUT2D eigenvalue weighted by atomic mass is 127. The van der Waals surface area contributed by atoms with Crippen molar-refractivity contribution in [3.8, 4) is 0 Å². The van der Waals surface area contributed by atoms with Crippen LogP contribution in [0.3, 0.4) is 0 Å². The normalized spacial score (nSPS) is 16.5. The average Bonchev–Trinajstić information content (AvgIpc) is 2.72. The monoisotopic (exact) mass is 555 g/mol. The maximum atomic E-state index is 12.9. The average molecular weight is 555 g/mol. The first-order valence-electron chi connectivity index (χ1n) is 10.3. The van der Waals surface area contributed by atoms with Crippen molar-refractivity contribution in [2.75, 3.05) is 52.9 Å². The number of nitrogens with one attached hydrogen (secondary N) is 2. The van der Waals surface area contributed by atoms with Crippen molar-refractivity contribution < 1.29 is 18.0 Å². The van der Waals surface area contributed by atoms with Gasteiger partial charge in [-0.3, -0.25) is 14.7 Å². The number of aliphatic imine (C=N–C) groups is 1. The van der Waals surface area contributed by atoms with Gasteiger partial charge in [0.1, 0.15) is 0 Å². The minimum atomic E-state index is -4.32. The van der Waals surface area contributed by atoms with E-state index in [0.717, 1.165) is 45.3 Å². The molecule has 0 spiro atoms. The molecule has 1 atom stereocenters. The Morgan fingerprint density at radius 3 is 2.39 bits per heavy atom. The van der Waals surface area contributed by atoms with Gasteiger partial charge < -0.3 is 15.5 Å². The number of guanidine groups is 1. The minimum Gasteiger partial charge on any atom is -0.356 e. The zero-order valence-electron chi connectivity index (χ0n) is 18.3. The fraction of sp³-hybridized carbons (Fsp3) is 0.619. The number of hydrogen-bond acceptors (Lipinski definition) is 3. The van der Waals surface area contributed by atoms with Crippen molar-refractivity contribution in [2.45, 2.75) is 32.4 Å². The number of piperazine rings is 1. The van der Waals surface area contributed by atoms with Crippen LogP contribution < -0.4 is 10.6 Å². The van der Waals surface area contributed by atoms with E-state index in [2.05, 4.69) is 20.5 Å². The van der Waals surface area contributed by atoms with Crippen molar-refractivity contribution in [2.24, 2.45) is 4.99 Å². The van der Waals surface area contributed by atoms with E-state index in [9.17, 15) is 18.0 Å². The summed E-state index contributed by atoms with van der Waals surface area (Å²) >= 11 is 0. The topological polar surface area (TPSA) is 60.0 Å². The number of alkyl halides is 3. The van der Waals surface area contributed by atoms with Gasteiger partial charge in [-0.1, -0.05) is 25.1 Å². The van der Waals surface area contributed by atoms with Crippen LogP contribution in [0.2, 0.25) is 0 Å². The molecule has 2 N–H and O–H groups in total. The number of amides is 1. The molecule has 0 saturated carbocycles. The number of rotatable bonds is 7. The summed E-state index contributed by atoms with van der Waals surface area (Å²) in [5.41, 5.74) is 0.0701. The Morgan fingerprint density at radius 1 is 1.16 bits per heavy atom. The maximum Gasteiger partial charge on any atom is 0.416 e. The Balaban J connectivity index is 0.00000480. The van der Waals surface area contributed by atoms with Gasteiger partial charge in [0.15, 0.2) is 5.96 Å². The van der Waals surface area contributed by atoms with Gasteiger partial charge in [0.2, 0.25) is 5.91 Å². The molecule has 0 bridgehead atoms. The van der Waals surface area contributed by atoms with Gasteiger partial charge in [-0.05, 0) is 24.0 Å². The summed E-state index contributed by atoms with van der Waals surface area (Å²) in [5.74, 6) is 0.792. The van der Waals surface area contributed by atoms with Crippen LogP contribution in [0.4, 0.5) is 13.2 Å². The van der Waals surface area contributed by atoms with E-state index in [1.54, 1.807) is 20.0 Å². The Hall–Kier alpha value is -1.56. The number of carbonyl (C=O) groups is 1. The molecule has 1 unspecified atom stereocenters. The lowest BCUT2D eigenvalue weighted by atomic mass is 9.96. The highest BCUT2D eigenvalue weighted by Gasteiger charge is 2.30. The van der Waals surface area contributed by atoms with E-state index in [1.807, 2.05) is 11.8 Å². The molecule has 2 rings (SSSR count). The van der Waals surface area contributed by atoms with E-state index in [0.29, 0.717) is 24.5 Å². The Bertz CT molecular complexity index is 721. The molecule has 31 heavy (non-hydrogen) atoms. The predicted octanol–water partition coefficient (Wildman–Crippen LogP) is 3.15. The summed E-state index contributed by atoms with van der Waals surface area (Å²) in [5, 5.41) is 6.48. The van der Waals surface area contributed by atoms with E-state index >= 15 is 0 Å². The van der Waals surface area contributed by atoms with Gasteiger partial charge in [-0.15, -0.1) is 24.0 Å². The van der Waals surface area contributed by atoms with Crippen LogP contribution in [0.25, 0.3) is 0 Å². The van der Waals surface area contributed by atoms with Crippen molar-refractivity contribution in [1.82, 2.24) is 20.4 Å². The Morgan fingerprint density at radius 2 is 1.81 bits per heavy atom. The van der Waals surface area contributed by atoms with Crippen LogP contribution in [-0.2, 0) is 11.0 Å². The third-order valence-corrected chi connectivity index (χ3v) is 5.41. The van der Waals surface area contributed by atoms with E-state index < -0.39 is 11.7 Å². The molecule has 1 aliphatic heterocycles. The zero-order chi connectivity index (χ0) is 22.1. The standard InChI is InChI=1S/C21H32F3N5O.HI/c1-16(18-5-4-6-19(15-18)21(22,23)24)7-8-26-20(25-3)27-9-10-28-11-13-29(14-12-28)17(2)30;/h4-6,15-16H,7-14H2,1-3H3,(H2,25,26,27);1H. The van der Waals surface area contributed by atoms with E-state index in [-0.39, 0.29) is 35.8 Å². The first-order chi connectivity index (χ1) is 14.2. The van der Waals surface area contributed by atoms with Crippen LogP contribution in [-0.4, -0.2) is 74.5 Å². The quantitative estimate of drug-likeness (QED) is 0.309. The van der Waals surface area contributed by atoms with Crippen LogP contribution in [0.1, 0.15) is 37.3 Å². The summed E-state index contributed by atoms with van der Waals surface area (Å²) in [6, 6.07) is 5.52. The lowest BCUT2D eigenvalue weighted by molar-refractivity contribution is -0.137. The molecule has 0 radical (unpaired) electrons. The van der Waals surface area contributed by atoms with Crippen molar-refractivity contribution in [3.05, 3.63) is 35.4 Å². The minimum absolute atomic E-state index is 0. The second-order valence-corrected chi connectivity index (χ2v) is 7.59. The van der Waals surface area contributed by atoms with Crippen LogP contribution in [0, 0.1) is 0 Å². The Labute approximate surface area is 199 Å². The van der Waals surface area contributed by atoms with Crippen molar-refractivity contribution in [1.29, 1.82) is 0 Å². The lowest BCUT2D eigenvalue weighted by Gasteiger charge is -2.34. The SMILES string of the molecule is CN=C(NCCC(C)c1cccc(C(F)(F)F)c1)NCCN1CCN(C(C)=O)CC1.I. The molecule has 6 nitrogen and oxygen atoms in total. The number of carbonyl (C=O) groups excluding carboxylic acids is 1. The van der Waals surface area contributed by atoms with Crippen molar-refractivity contribution >= 4 is 35.8 Å². The highest BCUT2D eigenvalue weighted by Crippen LogP contribution is 2.31.